The Labute approximate surface area is 114 Å². The van der Waals surface area contributed by atoms with Crippen LogP contribution in [-0.2, 0) is 6.42 Å². The SMILES string of the molecule is OC(CNc1ncc(Br)cn1)Cc1ccccc1. The number of rotatable bonds is 5. The Morgan fingerprint density at radius 1 is 1.17 bits per heavy atom. The van der Waals surface area contributed by atoms with Gasteiger partial charge < -0.3 is 10.4 Å². The van der Waals surface area contributed by atoms with Gasteiger partial charge in [-0.3, -0.25) is 0 Å². The summed E-state index contributed by atoms with van der Waals surface area (Å²) in [6.45, 7) is 0.427. The van der Waals surface area contributed by atoms with Crippen LogP contribution in [0.3, 0.4) is 0 Å². The molecule has 0 aliphatic carbocycles. The second-order valence-corrected chi connectivity index (χ2v) is 4.87. The fraction of sp³-hybridized carbons (Fsp3) is 0.231. The number of halogens is 1. The third-order valence-corrected chi connectivity index (χ3v) is 2.84. The molecule has 1 atom stereocenters. The number of aliphatic hydroxyl groups excluding tert-OH is 1. The predicted octanol–water partition coefficient (Wildman–Crippen LogP) is 2.25. The van der Waals surface area contributed by atoms with E-state index < -0.39 is 6.10 Å². The number of nitrogens with zero attached hydrogens (tertiary/aromatic N) is 2. The smallest absolute Gasteiger partial charge is 0.222 e. The molecule has 5 heteroatoms. The van der Waals surface area contributed by atoms with Crippen LogP contribution in [0.4, 0.5) is 5.95 Å². The number of benzene rings is 1. The lowest BCUT2D eigenvalue weighted by atomic mass is 10.1. The van der Waals surface area contributed by atoms with Gasteiger partial charge in [-0.1, -0.05) is 30.3 Å². The third kappa shape index (κ3) is 4.09. The molecule has 0 amide bonds. The first-order chi connectivity index (χ1) is 8.74. The van der Waals surface area contributed by atoms with Gasteiger partial charge in [0.2, 0.25) is 5.95 Å². The fourth-order valence-electron chi connectivity index (χ4n) is 1.57. The van der Waals surface area contributed by atoms with Crippen molar-refractivity contribution in [2.75, 3.05) is 11.9 Å². The van der Waals surface area contributed by atoms with E-state index in [2.05, 4.69) is 31.2 Å². The van der Waals surface area contributed by atoms with E-state index in [1.54, 1.807) is 12.4 Å². The zero-order valence-electron chi connectivity index (χ0n) is 9.75. The van der Waals surface area contributed by atoms with E-state index in [4.69, 9.17) is 0 Å². The maximum absolute atomic E-state index is 9.89. The Balaban J connectivity index is 1.81. The van der Waals surface area contributed by atoms with Crippen molar-refractivity contribution >= 4 is 21.9 Å². The topological polar surface area (TPSA) is 58.0 Å². The molecule has 1 unspecified atom stereocenters. The molecule has 0 fully saturated rings. The van der Waals surface area contributed by atoms with Gasteiger partial charge in [0.25, 0.3) is 0 Å². The van der Waals surface area contributed by atoms with Crippen LogP contribution in [0.1, 0.15) is 5.56 Å². The predicted molar refractivity (Wildman–Crippen MR) is 74.4 cm³/mol. The van der Waals surface area contributed by atoms with Gasteiger partial charge >= 0.3 is 0 Å². The molecule has 94 valence electrons. The summed E-state index contributed by atoms with van der Waals surface area (Å²) < 4.78 is 0.831. The Morgan fingerprint density at radius 3 is 2.50 bits per heavy atom. The largest absolute Gasteiger partial charge is 0.391 e. The molecule has 2 N–H and O–H groups in total. The van der Waals surface area contributed by atoms with Gasteiger partial charge in [0.15, 0.2) is 0 Å². The average molecular weight is 308 g/mol. The number of nitrogens with one attached hydrogen (secondary N) is 1. The second-order valence-electron chi connectivity index (χ2n) is 3.95. The van der Waals surface area contributed by atoms with Crippen LogP contribution in [-0.4, -0.2) is 27.7 Å². The van der Waals surface area contributed by atoms with E-state index in [0.29, 0.717) is 18.9 Å². The lowest BCUT2D eigenvalue weighted by Gasteiger charge is -2.11. The van der Waals surface area contributed by atoms with Crippen molar-refractivity contribution in [3.8, 4) is 0 Å². The first kappa shape index (κ1) is 13.0. The summed E-state index contributed by atoms with van der Waals surface area (Å²) in [6.07, 6.45) is 3.49. The Hall–Kier alpha value is -1.46. The van der Waals surface area contributed by atoms with Gasteiger partial charge in [-0.05, 0) is 21.5 Å². The first-order valence-corrected chi connectivity index (χ1v) is 6.47. The number of aliphatic hydroxyl groups is 1. The molecule has 0 bridgehead atoms. The molecule has 0 saturated heterocycles. The van der Waals surface area contributed by atoms with Crippen molar-refractivity contribution in [3.63, 3.8) is 0 Å². The van der Waals surface area contributed by atoms with Crippen molar-refractivity contribution in [3.05, 3.63) is 52.8 Å². The highest BCUT2D eigenvalue weighted by molar-refractivity contribution is 9.10. The molecular formula is C13H14BrN3O. The van der Waals surface area contributed by atoms with Gasteiger partial charge in [0.05, 0.1) is 10.6 Å². The lowest BCUT2D eigenvalue weighted by molar-refractivity contribution is 0.188. The zero-order chi connectivity index (χ0) is 12.8. The maximum atomic E-state index is 9.89. The average Bonchev–Trinajstić information content (AvgIpc) is 2.39. The number of hydrogen-bond donors (Lipinski definition) is 2. The van der Waals surface area contributed by atoms with Gasteiger partial charge in [0.1, 0.15) is 0 Å². The molecule has 0 aliphatic heterocycles. The van der Waals surface area contributed by atoms with E-state index >= 15 is 0 Å². The number of hydrogen-bond acceptors (Lipinski definition) is 4. The molecule has 0 saturated carbocycles. The van der Waals surface area contributed by atoms with E-state index in [1.165, 1.54) is 0 Å². The van der Waals surface area contributed by atoms with Crippen LogP contribution in [0.5, 0.6) is 0 Å². The standard InChI is InChI=1S/C13H14BrN3O/c14-11-7-15-13(16-8-11)17-9-12(18)6-10-4-2-1-3-5-10/h1-5,7-8,12,18H,6,9H2,(H,15,16,17). The molecule has 2 rings (SSSR count). The molecule has 0 aliphatic rings. The van der Waals surface area contributed by atoms with Crippen LogP contribution < -0.4 is 5.32 Å². The molecule has 0 radical (unpaired) electrons. The van der Waals surface area contributed by atoms with Crippen LogP contribution in [0.25, 0.3) is 0 Å². The molecule has 2 aromatic rings. The number of aromatic nitrogens is 2. The van der Waals surface area contributed by atoms with Crippen molar-refractivity contribution in [2.45, 2.75) is 12.5 Å². The Morgan fingerprint density at radius 2 is 1.83 bits per heavy atom. The lowest BCUT2D eigenvalue weighted by Crippen LogP contribution is -2.22. The minimum atomic E-state index is -0.459. The van der Waals surface area contributed by atoms with Crippen LogP contribution >= 0.6 is 15.9 Å². The summed E-state index contributed by atoms with van der Waals surface area (Å²) in [5.74, 6) is 0.519. The van der Waals surface area contributed by atoms with E-state index in [9.17, 15) is 5.11 Å². The third-order valence-electron chi connectivity index (χ3n) is 2.43. The summed E-state index contributed by atoms with van der Waals surface area (Å²) in [5, 5.41) is 12.9. The molecule has 4 nitrogen and oxygen atoms in total. The fourth-order valence-corrected chi connectivity index (χ4v) is 1.78. The summed E-state index contributed by atoms with van der Waals surface area (Å²) in [7, 11) is 0. The van der Waals surface area contributed by atoms with Gasteiger partial charge in [-0.2, -0.15) is 0 Å². The molecule has 18 heavy (non-hydrogen) atoms. The summed E-state index contributed by atoms with van der Waals surface area (Å²) >= 11 is 3.27. The minimum absolute atomic E-state index is 0.427. The summed E-state index contributed by atoms with van der Waals surface area (Å²) in [6, 6.07) is 9.89. The molecular weight excluding hydrogens is 294 g/mol. The molecule has 1 heterocycles. The normalized spacial score (nSPS) is 12.1. The Bertz CT molecular complexity index is 475. The van der Waals surface area contributed by atoms with Gasteiger partial charge in [-0.15, -0.1) is 0 Å². The summed E-state index contributed by atoms with van der Waals surface area (Å²) in [5.41, 5.74) is 1.11. The summed E-state index contributed by atoms with van der Waals surface area (Å²) in [4.78, 5) is 8.15. The van der Waals surface area contributed by atoms with Gasteiger partial charge in [-0.25, -0.2) is 9.97 Å². The molecule has 1 aromatic carbocycles. The van der Waals surface area contributed by atoms with Crippen molar-refractivity contribution in [1.29, 1.82) is 0 Å². The Kier molecular flexibility index (Phi) is 4.66. The maximum Gasteiger partial charge on any atom is 0.222 e. The quantitative estimate of drug-likeness (QED) is 0.889. The van der Waals surface area contributed by atoms with E-state index in [1.807, 2.05) is 30.3 Å². The highest BCUT2D eigenvalue weighted by Gasteiger charge is 2.06. The van der Waals surface area contributed by atoms with Crippen LogP contribution in [0, 0.1) is 0 Å². The molecule has 0 spiro atoms. The monoisotopic (exact) mass is 307 g/mol. The highest BCUT2D eigenvalue weighted by atomic mass is 79.9. The van der Waals surface area contributed by atoms with Crippen LogP contribution in [0.15, 0.2) is 47.2 Å². The molecule has 1 aromatic heterocycles. The van der Waals surface area contributed by atoms with E-state index in [-0.39, 0.29) is 0 Å². The highest BCUT2D eigenvalue weighted by Crippen LogP contribution is 2.07. The van der Waals surface area contributed by atoms with E-state index in [0.717, 1.165) is 10.0 Å². The van der Waals surface area contributed by atoms with Crippen molar-refractivity contribution < 1.29 is 5.11 Å². The minimum Gasteiger partial charge on any atom is -0.391 e. The first-order valence-electron chi connectivity index (χ1n) is 5.67. The zero-order valence-corrected chi connectivity index (χ0v) is 11.3. The van der Waals surface area contributed by atoms with Gasteiger partial charge in [0, 0.05) is 25.4 Å². The van der Waals surface area contributed by atoms with Crippen LogP contribution in [0.2, 0.25) is 0 Å². The van der Waals surface area contributed by atoms with Crippen molar-refractivity contribution in [1.82, 2.24) is 9.97 Å². The number of anilines is 1. The second kappa shape index (κ2) is 6.47. The van der Waals surface area contributed by atoms with Crippen molar-refractivity contribution in [2.24, 2.45) is 0 Å².